The van der Waals surface area contributed by atoms with Crippen molar-refractivity contribution in [1.29, 1.82) is 0 Å². The highest BCUT2D eigenvalue weighted by molar-refractivity contribution is 5.89. The number of carboxylic acid groups (broad SMARTS) is 1. The summed E-state index contributed by atoms with van der Waals surface area (Å²) in [7, 11) is 0. The second kappa shape index (κ2) is 10.9. The number of fused-ring (bicyclic) bond motifs is 3. The molecule has 0 bridgehead atoms. The lowest BCUT2D eigenvalue weighted by Gasteiger charge is -2.21. The quantitative estimate of drug-likeness (QED) is 0.435. The third kappa shape index (κ3) is 5.51. The van der Waals surface area contributed by atoms with Crippen molar-refractivity contribution in [3.05, 3.63) is 95.6 Å². The van der Waals surface area contributed by atoms with Gasteiger partial charge in [-0.25, -0.2) is 9.59 Å². The summed E-state index contributed by atoms with van der Waals surface area (Å²) < 4.78 is 5.59. The molecule has 2 amide bonds. The molecule has 180 valence electrons. The van der Waals surface area contributed by atoms with Crippen LogP contribution in [0, 0.1) is 0 Å². The Labute approximate surface area is 204 Å². The molecule has 4 rings (SSSR count). The van der Waals surface area contributed by atoms with E-state index in [-0.39, 0.29) is 25.4 Å². The highest BCUT2D eigenvalue weighted by Gasteiger charge is 2.30. The van der Waals surface area contributed by atoms with Gasteiger partial charge in [0, 0.05) is 12.3 Å². The Hall–Kier alpha value is -4.13. The predicted molar refractivity (Wildman–Crippen MR) is 132 cm³/mol. The maximum Gasteiger partial charge on any atom is 0.407 e. The Morgan fingerprint density at radius 3 is 1.97 bits per heavy atom. The van der Waals surface area contributed by atoms with Gasteiger partial charge < -0.3 is 20.5 Å². The van der Waals surface area contributed by atoms with Gasteiger partial charge in [0.15, 0.2) is 0 Å². The zero-order valence-corrected chi connectivity index (χ0v) is 19.4. The molecule has 0 spiro atoms. The van der Waals surface area contributed by atoms with Gasteiger partial charge in [0.25, 0.3) is 0 Å². The summed E-state index contributed by atoms with van der Waals surface area (Å²) in [4.78, 5) is 37.1. The number of carbonyl (C=O) groups is 3. The molecule has 3 aromatic carbocycles. The number of rotatable bonds is 9. The Balaban J connectivity index is 1.46. The molecule has 0 saturated heterocycles. The highest BCUT2D eigenvalue weighted by Crippen LogP contribution is 2.44. The standard InChI is InChI=1S/C28H28N2O5/c1-2-24(27(32)33)29-26(31)25(16-18-10-4-3-5-11-18)30-28(34)35-17-23-21-14-8-6-12-19(21)20-13-7-9-15-22(20)23/h3-15,23-25H,2,16-17H2,1H3,(H,29,31)(H,30,34)(H,32,33)/t24?,25-/m1/s1. The van der Waals surface area contributed by atoms with Crippen LogP contribution in [0.15, 0.2) is 78.9 Å². The molecule has 0 heterocycles. The van der Waals surface area contributed by atoms with E-state index < -0.39 is 30.1 Å². The topological polar surface area (TPSA) is 105 Å². The summed E-state index contributed by atoms with van der Waals surface area (Å²) in [5.74, 6) is -1.80. The van der Waals surface area contributed by atoms with E-state index in [4.69, 9.17) is 4.74 Å². The summed E-state index contributed by atoms with van der Waals surface area (Å²) in [5, 5.41) is 14.5. The van der Waals surface area contributed by atoms with Crippen LogP contribution in [-0.4, -0.2) is 41.8 Å². The summed E-state index contributed by atoms with van der Waals surface area (Å²) >= 11 is 0. The van der Waals surface area contributed by atoms with E-state index in [9.17, 15) is 19.5 Å². The first-order valence-corrected chi connectivity index (χ1v) is 11.7. The van der Waals surface area contributed by atoms with Crippen LogP contribution in [0.1, 0.15) is 36.0 Å². The molecule has 3 N–H and O–H groups in total. The summed E-state index contributed by atoms with van der Waals surface area (Å²) in [5.41, 5.74) is 5.25. The second-order valence-electron chi connectivity index (χ2n) is 8.52. The maximum atomic E-state index is 12.9. The first-order valence-electron chi connectivity index (χ1n) is 11.7. The second-order valence-corrected chi connectivity index (χ2v) is 8.52. The van der Waals surface area contributed by atoms with Crippen LogP contribution in [0.4, 0.5) is 4.79 Å². The van der Waals surface area contributed by atoms with E-state index in [0.29, 0.717) is 0 Å². The minimum absolute atomic E-state index is 0.106. The number of ether oxygens (including phenoxy) is 1. The van der Waals surface area contributed by atoms with E-state index >= 15 is 0 Å². The molecule has 0 saturated carbocycles. The normalized spacial score (nSPS) is 13.7. The highest BCUT2D eigenvalue weighted by atomic mass is 16.5. The maximum absolute atomic E-state index is 12.9. The van der Waals surface area contributed by atoms with Crippen molar-refractivity contribution in [3.8, 4) is 11.1 Å². The average Bonchev–Trinajstić information content (AvgIpc) is 3.19. The molecule has 7 heteroatoms. The van der Waals surface area contributed by atoms with E-state index in [0.717, 1.165) is 27.8 Å². The Bertz CT molecular complexity index is 1170. The van der Waals surface area contributed by atoms with Crippen LogP contribution in [0.3, 0.4) is 0 Å². The minimum Gasteiger partial charge on any atom is -0.480 e. The Morgan fingerprint density at radius 2 is 1.40 bits per heavy atom. The van der Waals surface area contributed by atoms with Crippen LogP contribution in [0.2, 0.25) is 0 Å². The van der Waals surface area contributed by atoms with Gasteiger partial charge in [-0.2, -0.15) is 0 Å². The van der Waals surface area contributed by atoms with Crippen LogP contribution >= 0.6 is 0 Å². The number of carbonyl (C=O) groups excluding carboxylic acids is 2. The van der Waals surface area contributed by atoms with E-state index in [1.807, 2.05) is 66.7 Å². The van der Waals surface area contributed by atoms with Crippen molar-refractivity contribution in [1.82, 2.24) is 10.6 Å². The lowest BCUT2D eigenvalue weighted by Crippen LogP contribution is -2.52. The molecule has 0 aromatic heterocycles. The van der Waals surface area contributed by atoms with Gasteiger partial charge >= 0.3 is 12.1 Å². The number of benzene rings is 3. The first-order chi connectivity index (χ1) is 17.0. The third-order valence-electron chi connectivity index (χ3n) is 6.26. The zero-order valence-electron chi connectivity index (χ0n) is 19.4. The lowest BCUT2D eigenvalue weighted by atomic mass is 9.98. The number of alkyl carbamates (subject to hydrolysis) is 1. The van der Waals surface area contributed by atoms with Crippen molar-refractivity contribution in [2.75, 3.05) is 6.61 Å². The van der Waals surface area contributed by atoms with E-state index in [1.54, 1.807) is 6.92 Å². The van der Waals surface area contributed by atoms with Gasteiger partial charge in [-0.15, -0.1) is 0 Å². The first kappa shape index (κ1) is 24.0. The fourth-order valence-electron chi connectivity index (χ4n) is 4.45. The molecular weight excluding hydrogens is 444 g/mol. The van der Waals surface area contributed by atoms with Gasteiger partial charge in [-0.05, 0) is 34.2 Å². The molecule has 1 unspecified atom stereocenters. The molecule has 7 nitrogen and oxygen atoms in total. The van der Waals surface area contributed by atoms with Crippen molar-refractivity contribution in [2.24, 2.45) is 0 Å². The van der Waals surface area contributed by atoms with Gasteiger partial charge in [-0.3, -0.25) is 4.79 Å². The lowest BCUT2D eigenvalue weighted by molar-refractivity contribution is -0.142. The Kier molecular flexibility index (Phi) is 7.45. The average molecular weight is 473 g/mol. The monoisotopic (exact) mass is 472 g/mol. The fraction of sp³-hybridized carbons (Fsp3) is 0.250. The number of hydrogen-bond donors (Lipinski definition) is 3. The van der Waals surface area contributed by atoms with E-state index in [2.05, 4.69) is 22.8 Å². The van der Waals surface area contributed by atoms with Gasteiger partial charge in [-0.1, -0.05) is 85.8 Å². The van der Waals surface area contributed by atoms with Crippen LogP contribution in [0.5, 0.6) is 0 Å². The largest absolute Gasteiger partial charge is 0.480 e. The van der Waals surface area contributed by atoms with Crippen LogP contribution in [0.25, 0.3) is 11.1 Å². The molecule has 0 radical (unpaired) electrons. The van der Waals surface area contributed by atoms with Crippen LogP contribution in [-0.2, 0) is 20.7 Å². The molecule has 3 aromatic rings. The van der Waals surface area contributed by atoms with Gasteiger partial charge in [0.2, 0.25) is 5.91 Å². The van der Waals surface area contributed by atoms with Crippen molar-refractivity contribution in [2.45, 2.75) is 37.8 Å². The number of aliphatic carboxylic acids is 1. The molecule has 2 atom stereocenters. The SMILES string of the molecule is CCC(NC(=O)[C@@H](Cc1ccccc1)NC(=O)OCC1c2ccccc2-c2ccccc21)C(=O)O. The number of amides is 2. The molecule has 35 heavy (non-hydrogen) atoms. The smallest absolute Gasteiger partial charge is 0.407 e. The summed E-state index contributed by atoms with van der Waals surface area (Å²) in [6.45, 7) is 1.79. The molecule has 0 fully saturated rings. The van der Waals surface area contributed by atoms with Crippen molar-refractivity contribution < 1.29 is 24.2 Å². The summed E-state index contributed by atoms with van der Waals surface area (Å²) in [6, 6.07) is 23.3. The third-order valence-corrected chi connectivity index (χ3v) is 6.26. The zero-order chi connectivity index (χ0) is 24.8. The molecule has 1 aliphatic rings. The fourth-order valence-corrected chi connectivity index (χ4v) is 4.45. The van der Waals surface area contributed by atoms with Crippen molar-refractivity contribution in [3.63, 3.8) is 0 Å². The summed E-state index contributed by atoms with van der Waals surface area (Å²) in [6.07, 6.45) is -0.303. The Morgan fingerprint density at radius 1 is 0.829 bits per heavy atom. The molecule has 1 aliphatic carbocycles. The predicted octanol–water partition coefficient (Wildman–Crippen LogP) is 4.12. The number of carboxylic acids is 1. The number of hydrogen-bond acceptors (Lipinski definition) is 4. The minimum atomic E-state index is -1.12. The number of nitrogens with one attached hydrogen (secondary N) is 2. The van der Waals surface area contributed by atoms with Crippen molar-refractivity contribution >= 4 is 18.0 Å². The van der Waals surface area contributed by atoms with Gasteiger partial charge in [0.1, 0.15) is 18.7 Å². The molecular formula is C28H28N2O5. The van der Waals surface area contributed by atoms with Gasteiger partial charge in [0.05, 0.1) is 0 Å². The van der Waals surface area contributed by atoms with Crippen LogP contribution < -0.4 is 10.6 Å². The molecule has 0 aliphatic heterocycles. The van der Waals surface area contributed by atoms with E-state index in [1.165, 1.54) is 0 Å².